The van der Waals surface area contributed by atoms with Crippen LogP contribution in [0, 0.1) is 0 Å². The van der Waals surface area contributed by atoms with E-state index in [1.807, 2.05) is 24.3 Å². The van der Waals surface area contributed by atoms with Crippen molar-refractivity contribution in [2.24, 2.45) is 0 Å². The summed E-state index contributed by atoms with van der Waals surface area (Å²) in [7, 11) is 0. The van der Waals surface area contributed by atoms with Crippen molar-refractivity contribution >= 4 is 11.6 Å². The van der Waals surface area contributed by atoms with E-state index >= 15 is 0 Å². The van der Waals surface area contributed by atoms with Gasteiger partial charge in [-0.3, -0.25) is 4.79 Å². The predicted octanol–water partition coefficient (Wildman–Crippen LogP) is 2.22. The number of amides is 1. The number of carbonyl (C=O) groups is 1. The smallest absolute Gasteiger partial charge is 0.220 e. The Morgan fingerprint density at radius 3 is 2.55 bits per heavy atom. The number of aromatic hydroxyl groups is 1. The highest BCUT2D eigenvalue weighted by Gasteiger charge is 2.03. The van der Waals surface area contributed by atoms with Crippen molar-refractivity contribution in [1.29, 1.82) is 0 Å². The van der Waals surface area contributed by atoms with E-state index in [9.17, 15) is 4.79 Å². The highest BCUT2D eigenvalue weighted by Crippen LogP contribution is 2.10. The van der Waals surface area contributed by atoms with E-state index in [-0.39, 0.29) is 11.7 Å². The number of hydrogen-bond acceptors (Lipinski definition) is 3. The van der Waals surface area contributed by atoms with Crippen molar-refractivity contribution < 1.29 is 9.90 Å². The number of nitrogen functional groups attached to an aromatic ring is 1. The van der Waals surface area contributed by atoms with Crippen LogP contribution >= 0.6 is 0 Å². The second-order valence-electron chi connectivity index (χ2n) is 4.69. The molecule has 0 bridgehead atoms. The number of rotatable bonds is 5. The van der Waals surface area contributed by atoms with Gasteiger partial charge in [0.15, 0.2) is 0 Å². The van der Waals surface area contributed by atoms with Crippen molar-refractivity contribution in [3.05, 3.63) is 59.7 Å². The molecule has 0 aliphatic heterocycles. The molecule has 0 spiro atoms. The van der Waals surface area contributed by atoms with Gasteiger partial charge in [-0.15, -0.1) is 0 Å². The number of hydrogen-bond donors (Lipinski definition) is 3. The lowest BCUT2D eigenvalue weighted by Gasteiger charge is -2.06. The molecule has 0 radical (unpaired) electrons. The van der Waals surface area contributed by atoms with Crippen LogP contribution in [0.3, 0.4) is 0 Å². The van der Waals surface area contributed by atoms with Gasteiger partial charge in [-0.1, -0.05) is 24.3 Å². The van der Waals surface area contributed by atoms with Gasteiger partial charge in [0.25, 0.3) is 0 Å². The van der Waals surface area contributed by atoms with Crippen LogP contribution in [0.1, 0.15) is 17.5 Å². The normalized spacial score (nSPS) is 10.2. The minimum absolute atomic E-state index is 0.000462. The van der Waals surface area contributed by atoms with Gasteiger partial charge in [-0.05, 0) is 41.8 Å². The first-order valence-corrected chi connectivity index (χ1v) is 6.52. The zero-order chi connectivity index (χ0) is 14.4. The van der Waals surface area contributed by atoms with Gasteiger partial charge in [-0.2, -0.15) is 0 Å². The Balaban J connectivity index is 1.77. The number of nitrogens with two attached hydrogens (primary N) is 1. The van der Waals surface area contributed by atoms with Crippen LogP contribution in [-0.2, 0) is 17.8 Å². The summed E-state index contributed by atoms with van der Waals surface area (Å²) in [6.45, 7) is 0.468. The number of benzene rings is 2. The third-order valence-corrected chi connectivity index (χ3v) is 3.02. The van der Waals surface area contributed by atoms with Crippen LogP contribution < -0.4 is 11.1 Å². The lowest BCUT2D eigenvalue weighted by molar-refractivity contribution is -0.121. The van der Waals surface area contributed by atoms with E-state index in [1.54, 1.807) is 24.3 Å². The summed E-state index contributed by atoms with van der Waals surface area (Å²) in [5.41, 5.74) is 8.42. The van der Waals surface area contributed by atoms with Gasteiger partial charge in [0.05, 0.1) is 0 Å². The van der Waals surface area contributed by atoms with Crippen LogP contribution in [0.25, 0.3) is 0 Å². The molecule has 0 saturated carbocycles. The molecule has 0 aliphatic carbocycles. The molecular weight excluding hydrogens is 252 g/mol. The molecule has 0 fully saturated rings. The standard InChI is InChI=1S/C16H18N2O2/c17-14-3-1-2-12(10-14)6-9-16(20)18-11-13-4-7-15(19)8-5-13/h1-5,7-8,10,19H,6,9,11,17H2,(H,18,20). The Labute approximate surface area is 118 Å². The summed E-state index contributed by atoms with van der Waals surface area (Å²) < 4.78 is 0. The molecule has 2 rings (SSSR count). The fourth-order valence-electron chi connectivity index (χ4n) is 1.91. The molecule has 4 heteroatoms. The van der Waals surface area contributed by atoms with Gasteiger partial charge in [0, 0.05) is 18.7 Å². The first-order chi connectivity index (χ1) is 9.63. The third-order valence-electron chi connectivity index (χ3n) is 3.02. The van der Waals surface area contributed by atoms with Gasteiger partial charge in [-0.25, -0.2) is 0 Å². The van der Waals surface area contributed by atoms with Crippen molar-refractivity contribution in [3.8, 4) is 5.75 Å². The maximum atomic E-state index is 11.7. The lowest BCUT2D eigenvalue weighted by Crippen LogP contribution is -2.22. The average Bonchev–Trinajstić information content (AvgIpc) is 2.45. The van der Waals surface area contributed by atoms with Crippen molar-refractivity contribution in [1.82, 2.24) is 5.32 Å². The molecule has 20 heavy (non-hydrogen) atoms. The molecule has 4 nitrogen and oxygen atoms in total. The van der Waals surface area contributed by atoms with E-state index in [0.29, 0.717) is 25.1 Å². The molecule has 1 amide bonds. The van der Waals surface area contributed by atoms with Crippen LogP contribution in [0.2, 0.25) is 0 Å². The molecule has 2 aromatic rings. The number of phenolic OH excluding ortho intramolecular Hbond substituents is 1. The summed E-state index contributed by atoms with van der Waals surface area (Å²) in [5.74, 6) is 0.224. The molecule has 0 atom stereocenters. The Morgan fingerprint density at radius 1 is 1.10 bits per heavy atom. The molecule has 4 N–H and O–H groups in total. The highest BCUT2D eigenvalue weighted by molar-refractivity contribution is 5.76. The topological polar surface area (TPSA) is 75.4 Å². The molecule has 0 aliphatic rings. The summed E-state index contributed by atoms with van der Waals surface area (Å²) >= 11 is 0. The molecule has 0 heterocycles. The van der Waals surface area contributed by atoms with Crippen LogP contribution in [0.15, 0.2) is 48.5 Å². The Kier molecular flexibility index (Phi) is 4.60. The molecule has 104 valence electrons. The quantitative estimate of drug-likeness (QED) is 0.729. The second-order valence-corrected chi connectivity index (χ2v) is 4.69. The van der Waals surface area contributed by atoms with E-state index < -0.39 is 0 Å². The molecule has 2 aromatic carbocycles. The minimum Gasteiger partial charge on any atom is -0.508 e. The maximum Gasteiger partial charge on any atom is 0.220 e. The number of nitrogens with one attached hydrogen (secondary N) is 1. The average molecular weight is 270 g/mol. The Hall–Kier alpha value is -2.49. The summed E-state index contributed by atoms with van der Waals surface area (Å²) in [6, 6.07) is 14.3. The molecule has 0 saturated heterocycles. The zero-order valence-corrected chi connectivity index (χ0v) is 11.2. The SMILES string of the molecule is Nc1cccc(CCC(=O)NCc2ccc(O)cc2)c1. The second kappa shape index (κ2) is 6.61. The van der Waals surface area contributed by atoms with Crippen molar-refractivity contribution in [3.63, 3.8) is 0 Å². The maximum absolute atomic E-state index is 11.7. The number of carbonyl (C=O) groups excluding carboxylic acids is 1. The Bertz CT molecular complexity index is 579. The Morgan fingerprint density at radius 2 is 1.85 bits per heavy atom. The zero-order valence-electron chi connectivity index (χ0n) is 11.2. The van der Waals surface area contributed by atoms with Crippen LogP contribution in [-0.4, -0.2) is 11.0 Å². The minimum atomic E-state index is 0.000462. The molecule has 0 aromatic heterocycles. The number of anilines is 1. The predicted molar refractivity (Wildman–Crippen MR) is 79.1 cm³/mol. The fraction of sp³-hybridized carbons (Fsp3) is 0.188. The van der Waals surface area contributed by atoms with E-state index in [2.05, 4.69) is 5.32 Å². The van der Waals surface area contributed by atoms with E-state index in [4.69, 9.17) is 10.8 Å². The molecule has 0 unspecified atom stereocenters. The summed E-state index contributed by atoms with van der Waals surface area (Å²) in [6.07, 6.45) is 1.11. The monoisotopic (exact) mass is 270 g/mol. The van der Waals surface area contributed by atoms with Crippen molar-refractivity contribution in [2.75, 3.05) is 5.73 Å². The van der Waals surface area contributed by atoms with E-state index in [0.717, 1.165) is 11.1 Å². The van der Waals surface area contributed by atoms with Crippen LogP contribution in [0.5, 0.6) is 5.75 Å². The first-order valence-electron chi connectivity index (χ1n) is 6.52. The fourth-order valence-corrected chi connectivity index (χ4v) is 1.91. The first kappa shape index (κ1) is 13.9. The summed E-state index contributed by atoms with van der Waals surface area (Å²) in [4.78, 5) is 11.7. The van der Waals surface area contributed by atoms with Gasteiger partial charge in [0.1, 0.15) is 5.75 Å². The van der Waals surface area contributed by atoms with Gasteiger partial charge < -0.3 is 16.2 Å². The number of aryl methyl sites for hydroxylation is 1. The lowest BCUT2D eigenvalue weighted by atomic mass is 10.1. The van der Waals surface area contributed by atoms with Gasteiger partial charge >= 0.3 is 0 Å². The summed E-state index contributed by atoms with van der Waals surface area (Å²) in [5, 5.41) is 12.0. The number of phenols is 1. The molecular formula is C16H18N2O2. The van der Waals surface area contributed by atoms with Crippen LogP contribution in [0.4, 0.5) is 5.69 Å². The third kappa shape index (κ3) is 4.31. The van der Waals surface area contributed by atoms with Crippen molar-refractivity contribution in [2.45, 2.75) is 19.4 Å². The highest BCUT2D eigenvalue weighted by atomic mass is 16.3. The van der Waals surface area contributed by atoms with Gasteiger partial charge in [0.2, 0.25) is 5.91 Å². The van der Waals surface area contributed by atoms with E-state index in [1.165, 1.54) is 0 Å². The largest absolute Gasteiger partial charge is 0.508 e.